The molecule has 0 amide bonds. The molecule has 1 atom stereocenters. The molecule has 0 spiro atoms. The van der Waals surface area contributed by atoms with Gasteiger partial charge in [0.25, 0.3) is 5.56 Å². The Kier molecular flexibility index (Phi) is 7.02. The highest BCUT2D eigenvalue weighted by atomic mass is 35.5. The summed E-state index contributed by atoms with van der Waals surface area (Å²) >= 11 is 6.14. The van der Waals surface area contributed by atoms with Gasteiger partial charge in [-0.3, -0.25) is 4.79 Å². The highest BCUT2D eigenvalue weighted by Gasteiger charge is 2.11. The average Bonchev–Trinajstić information content (AvgIpc) is 2.41. The fourth-order valence-electron chi connectivity index (χ4n) is 1.82. The Balaban J connectivity index is 2.72. The Morgan fingerprint density at radius 1 is 1.50 bits per heavy atom. The summed E-state index contributed by atoms with van der Waals surface area (Å²) in [6.45, 7) is 5.75. The van der Waals surface area contributed by atoms with Crippen molar-refractivity contribution in [3.8, 4) is 0 Å². The maximum absolute atomic E-state index is 12.1. The van der Waals surface area contributed by atoms with Gasteiger partial charge < -0.3 is 10.2 Å². The van der Waals surface area contributed by atoms with Crippen LogP contribution in [0.1, 0.15) is 33.1 Å². The van der Waals surface area contributed by atoms with E-state index in [2.05, 4.69) is 29.2 Å². The highest BCUT2D eigenvalue weighted by molar-refractivity contribution is 6.32. The molecule has 6 heteroatoms. The van der Waals surface area contributed by atoms with E-state index < -0.39 is 0 Å². The quantitative estimate of drug-likeness (QED) is 0.801. The first kappa shape index (κ1) is 17.0. The van der Waals surface area contributed by atoms with Crippen molar-refractivity contribution in [1.29, 1.82) is 0 Å². The van der Waals surface area contributed by atoms with Crippen molar-refractivity contribution in [3.05, 3.63) is 21.6 Å². The minimum Gasteiger partial charge on any atom is -0.380 e. The zero-order valence-electron chi connectivity index (χ0n) is 12.8. The Morgan fingerprint density at radius 2 is 2.20 bits per heavy atom. The fourth-order valence-corrected chi connectivity index (χ4v) is 2.02. The number of unbranched alkanes of at least 4 members (excludes halogenated alkanes) is 1. The van der Waals surface area contributed by atoms with Gasteiger partial charge in [0, 0.05) is 12.6 Å². The molecule has 1 rings (SSSR count). The number of halogens is 1. The van der Waals surface area contributed by atoms with E-state index in [1.165, 1.54) is 4.68 Å². The van der Waals surface area contributed by atoms with E-state index in [9.17, 15) is 4.79 Å². The van der Waals surface area contributed by atoms with Crippen molar-refractivity contribution in [2.75, 3.05) is 26.0 Å². The van der Waals surface area contributed by atoms with Crippen LogP contribution in [0.25, 0.3) is 0 Å². The summed E-state index contributed by atoms with van der Waals surface area (Å²) in [4.78, 5) is 14.2. The van der Waals surface area contributed by atoms with Crippen molar-refractivity contribution >= 4 is 17.3 Å². The molecule has 114 valence electrons. The third-order valence-corrected chi connectivity index (χ3v) is 3.48. The molecule has 0 saturated carbocycles. The molecule has 0 saturated heterocycles. The van der Waals surface area contributed by atoms with Gasteiger partial charge in [-0.2, -0.15) is 5.10 Å². The summed E-state index contributed by atoms with van der Waals surface area (Å²) in [5, 5.41) is 7.66. The van der Waals surface area contributed by atoms with E-state index in [1.54, 1.807) is 6.20 Å². The number of aryl methyl sites for hydroxylation is 1. The van der Waals surface area contributed by atoms with Crippen molar-refractivity contribution < 1.29 is 0 Å². The molecule has 0 aliphatic rings. The van der Waals surface area contributed by atoms with E-state index in [0.29, 0.717) is 12.2 Å². The zero-order chi connectivity index (χ0) is 15.1. The van der Waals surface area contributed by atoms with E-state index in [1.807, 2.05) is 14.1 Å². The molecular formula is C14H25ClN4O. The largest absolute Gasteiger partial charge is 0.380 e. The lowest BCUT2D eigenvalue weighted by Crippen LogP contribution is -2.27. The van der Waals surface area contributed by atoms with E-state index >= 15 is 0 Å². The van der Waals surface area contributed by atoms with Crippen LogP contribution in [0.15, 0.2) is 11.0 Å². The molecule has 0 radical (unpaired) electrons. The van der Waals surface area contributed by atoms with Crippen molar-refractivity contribution in [2.24, 2.45) is 0 Å². The molecule has 0 aromatic carbocycles. The molecular weight excluding hydrogens is 276 g/mol. The predicted molar refractivity (Wildman–Crippen MR) is 84.7 cm³/mol. The van der Waals surface area contributed by atoms with Gasteiger partial charge in [0.15, 0.2) is 0 Å². The van der Waals surface area contributed by atoms with Crippen molar-refractivity contribution in [1.82, 2.24) is 14.7 Å². The molecule has 20 heavy (non-hydrogen) atoms. The van der Waals surface area contributed by atoms with Crippen LogP contribution in [0, 0.1) is 0 Å². The lowest BCUT2D eigenvalue weighted by atomic mass is 10.2. The molecule has 0 aliphatic heterocycles. The first-order chi connectivity index (χ1) is 9.45. The molecule has 0 fully saturated rings. The Morgan fingerprint density at radius 3 is 2.80 bits per heavy atom. The molecule has 0 bridgehead atoms. The normalized spacial score (nSPS) is 12.7. The number of rotatable bonds is 8. The third kappa shape index (κ3) is 5.13. The maximum Gasteiger partial charge on any atom is 0.287 e. The van der Waals surface area contributed by atoms with Gasteiger partial charge in [-0.15, -0.1) is 0 Å². The highest BCUT2D eigenvalue weighted by Crippen LogP contribution is 2.17. The summed E-state index contributed by atoms with van der Waals surface area (Å²) in [6, 6.07) is 0.239. The number of aromatic nitrogens is 2. The minimum absolute atomic E-state index is 0.218. The van der Waals surface area contributed by atoms with Gasteiger partial charge in [-0.1, -0.05) is 24.9 Å². The first-order valence-electron chi connectivity index (χ1n) is 7.12. The summed E-state index contributed by atoms with van der Waals surface area (Å²) in [5.41, 5.74) is 0.403. The van der Waals surface area contributed by atoms with E-state index in [-0.39, 0.29) is 16.6 Å². The van der Waals surface area contributed by atoms with Crippen molar-refractivity contribution in [3.63, 3.8) is 0 Å². The van der Waals surface area contributed by atoms with Crippen molar-refractivity contribution in [2.45, 2.75) is 45.7 Å². The predicted octanol–water partition coefficient (Wildman–Crippen LogP) is 2.45. The molecule has 0 aliphatic carbocycles. The SMILES string of the molecule is CCCCn1ncc(NC(C)CCN(C)C)c(Cl)c1=O. The fraction of sp³-hybridized carbons (Fsp3) is 0.714. The Hall–Kier alpha value is -1.07. The van der Waals surface area contributed by atoms with Crippen LogP contribution < -0.4 is 10.9 Å². The van der Waals surface area contributed by atoms with Crippen LogP contribution in [-0.4, -0.2) is 41.4 Å². The second-order valence-corrected chi connectivity index (χ2v) is 5.77. The second kappa shape index (κ2) is 8.27. The molecule has 1 N–H and O–H groups in total. The molecule has 1 heterocycles. The summed E-state index contributed by atoms with van der Waals surface area (Å²) in [6.07, 6.45) is 4.57. The first-order valence-corrected chi connectivity index (χ1v) is 7.50. The van der Waals surface area contributed by atoms with E-state index in [0.717, 1.165) is 25.8 Å². The van der Waals surface area contributed by atoms with Gasteiger partial charge >= 0.3 is 0 Å². The van der Waals surface area contributed by atoms with Crippen LogP contribution in [0.4, 0.5) is 5.69 Å². The third-order valence-electron chi connectivity index (χ3n) is 3.12. The second-order valence-electron chi connectivity index (χ2n) is 5.39. The number of nitrogens with zero attached hydrogens (tertiary/aromatic N) is 3. The smallest absolute Gasteiger partial charge is 0.287 e. The topological polar surface area (TPSA) is 50.2 Å². The molecule has 1 aromatic heterocycles. The number of hydrogen-bond donors (Lipinski definition) is 1. The molecule has 1 aromatic rings. The molecule has 1 unspecified atom stereocenters. The van der Waals surface area contributed by atoms with Gasteiger partial charge in [-0.25, -0.2) is 4.68 Å². The van der Waals surface area contributed by atoms with Gasteiger partial charge in [0.05, 0.1) is 11.9 Å². The van der Waals surface area contributed by atoms with Crippen LogP contribution >= 0.6 is 11.6 Å². The van der Waals surface area contributed by atoms with Crippen LogP contribution in [0.2, 0.25) is 5.02 Å². The standard InChI is InChI=1S/C14H25ClN4O/c1-5-6-8-19-14(20)13(15)12(10-16-19)17-11(2)7-9-18(3)4/h10-11,17H,5-9H2,1-4H3. The number of anilines is 1. The summed E-state index contributed by atoms with van der Waals surface area (Å²) in [5.74, 6) is 0. The average molecular weight is 301 g/mol. The van der Waals surface area contributed by atoms with Crippen LogP contribution in [0.3, 0.4) is 0 Å². The van der Waals surface area contributed by atoms with E-state index in [4.69, 9.17) is 11.6 Å². The van der Waals surface area contributed by atoms with Gasteiger partial charge in [-0.05, 0) is 40.4 Å². The van der Waals surface area contributed by atoms with Crippen LogP contribution in [0.5, 0.6) is 0 Å². The lowest BCUT2D eigenvalue weighted by Gasteiger charge is -2.18. The van der Waals surface area contributed by atoms with Gasteiger partial charge in [0.1, 0.15) is 5.02 Å². The molecule has 5 nitrogen and oxygen atoms in total. The monoisotopic (exact) mass is 300 g/mol. The minimum atomic E-state index is -0.218. The lowest BCUT2D eigenvalue weighted by molar-refractivity contribution is 0.390. The Labute approximate surface area is 125 Å². The number of nitrogens with one attached hydrogen (secondary N) is 1. The van der Waals surface area contributed by atoms with Crippen LogP contribution in [-0.2, 0) is 6.54 Å². The Bertz CT molecular complexity index is 473. The zero-order valence-corrected chi connectivity index (χ0v) is 13.6. The van der Waals surface area contributed by atoms with Gasteiger partial charge in [0.2, 0.25) is 0 Å². The summed E-state index contributed by atoms with van der Waals surface area (Å²) < 4.78 is 1.43. The summed E-state index contributed by atoms with van der Waals surface area (Å²) in [7, 11) is 4.08. The maximum atomic E-state index is 12.1. The number of hydrogen-bond acceptors (Lipinski definition) is 4.